The molecule has 2 unspecified atom stereocenters. The second-order valence-electron chi connectivity index (χ2n) is 9.68. The van der Waals surface area contributed by atoms with Crippen molar-refractivity contribution in [1.82, 2.24) is 0 Å². The van der Waals surface area contributed by atoms with Gasteiger partial charge in [-0.05, 0) is 54.3 Å². The maximum atomic E-state index is 12.0. The second kappa shape index (κ2) is 23.4. The van der Waals surface area contributed by atoms with Crippen LogP contribution in [0, 0.1) is 0 Å². The number of hydrogen-bond acceptors (Lipinski definition) is 12. The third kappa shape index (κ3) is 18.7. The lowest BCUT2D eigenvalue weighted by molar-refractivity contribution is -0.148. The van der Waals surface area contributed by atoms with E-state index in [1.165, 1.54) is 0 Å². The van der Waals surface area contributed by atoms with Crippen LogP contribution in [-0.2, 0) is 44.5 Å². The van der Waals surface area contributed by atoms with Crippen molar-refractivity contribution in [2.24, 2.45) is 0 Å². The number of esters is 2. The van der Waals surface area contributed by atoms with Crippen molar-refractivity contribution in [1.29, 1.82) is 0 Å². The molecule has 12 nitrogen and oxygen atoms in total. The zero-order valence-corrected chi connectivity index (χ0v) is 27.9. The molecule has 0 radical (unpaired) electrons. The van der Waals surface area contributed by atoms with E-state index in [0.29, 0.717) is 43.3 Å². The van der Waals surface area contributed by atoms with Crippen LogP contribution in [0.15, 0.2) is 72.8 Å². The molecule has 2 aromatic rings. The van der Waals surface area contributed by atoms with Crippen LogP contribution in [0.4, 0.5) is 0 Å². The topological polar surface area (TPSA) is 164 Å². The largest absolute Gasteiger partial charge is 0.490 e. The molecule has 2 atom stereocenters. The summed E-state index contributed by atoms with van der Waals surface area (Å²) in [4.78, 5) is 45.3. The zero-order chi connectivity index (χ0) is 34.3. The lowest BCUT2D eigenvalue weighted by Crippen LogP contribution is -2.29. The van der Waals surface area contributed by atoms with Crippen LogP contribution in [0.25, 0.3) is 0 Å². The molecule has 0 fully saturated rings. The highest BCUT2D eigenvalue weighted by Gasteiger charge is 2.16. The van der Waals surface area contributed by atoms with E-state index in [1.54, 1.807) is 47.8 Å². The van der Waals surface area contributed by atoms with Crippen LogP contribution < -0.4 is 9.47 Å². The Kier molecular flexibility index (Phi) is 19.5. The van der Waals surface area contributed by atoms with Crippen molar-refractivity contribution < 1.29 is 57.8 Å². The van der Waals surface area contributed by atoms with E-state index in [9.17, 15) is 19.2 Å². The number of rotatable bonds is 24. The Morgan fingerprint density at radius 3 is 1.34 bits per heavy atom. The summed E-state index contributed by atoms with van der Waals surface area (Å²) in [6.45, 7) is 1.20. The Morgan fingerprint density at radius 2 is 1.00 bits per heavy atom. The van der Waals surface area contributed by atoms with Gasteiger partial charge in [0, 0.05) is 35.8 Å². The minimum atomic E-state index is -1.25. The molecule has 0 bridgehead atoms. The molecule has 2 aromatic carbocycles. The fourth-order valence-electron chi connectivity index (χ4n) is 3.65. The van der Waals surface area contributed by atoms with E-state index in [4.69, 9.17) is 38.6 Å². The van der Waals surface area contributed by atoms with Crippen LogP contribution in [0.3, 0.4) is 0 Å². The number of carboxylic acids is 2. The fraction of sp³-hybridized carbons (Fsp3) is 0.394. The maximum Gasteiger partial charge on any atom is 0.331 e. The lowest BCUT2D eigenvalue weighted by atomic mass is 10.0. The smallest absolute Gasteiger partial charge is 0.331 e. The van der Waals surface area contributed by atoms with Crippen molar-refractivity contribution >= 4 is 47.4 Å². The summed E-state index contributed by atoms with van der Waals surface area (Å²) in [5, 5.41) is 17.4. The van der Waals surface area contributed by atoms with E-state index < -0.39 is 36.1 Å². The quantitative estimate of drug-likeness (QED) is 0.0925. The van der Waals surface area contributed by atoms with Crippen LogP contribution in [0.2, 0.25) is 0 Å². The minimum Gasteiger partial charge on any atom is -0.490 e. The summed E-state index contributed by atoms with van der Waals surface area (Å²) in [6, 6.07) is 14.9. The highest BCUT2D eigenvalue weighted by molar-refractivity contribution is 7.98. The summed E-state index contributed by atoms with van der Waals surface area (Å²) < 4.78 is 33.3. The summed E-state index contributed by atoms with van der Waals surface area (Å²) in [5.74, 6) is -1.42. The first-order valence-corrected chi connectivity index (χ1v) is 17.3. The molecule has 14 heteroatoms. The molecule has 0 amide bonds. The van der Waals surface area contributed by atoms with Crippen LogP contribution in [0.5, 0.6) is 11.5 Å². The number of ether oxygens (including phenoxy) is 6. The zero-order valence-electron chi connectivity index (χ0n) is 26.2. The third-order valence-corrected chi connectivity index (χ3v) is 7.04. The van der Waals surface area contributed by atoms with Gasteiger partial charge in [-0.2, -0.15) is 23.5 Å². The number of benzene rings is 2. The van der Waals surface area contributed by atoms with Gasteiger partial charge in [0.2, 0.25) is 0 Å². The van der Waals surface area contributed by atoms with E-state index in [-0.39, 0.29) is 26.4 Å². The molecule has 0 aromatic heterocycles. The minimum absolute atomic E-state index is 0.0236. The maximum absolute atomic E-state index is 12.0. The van der Waals surface area contributed by atoms with Gasteiger partial charge in [0.1, 0.15) is 24.7 Å². The molecule has 256 valence electrons. The summed E-state index contributed by atoms with van der Waals surface area (Å²) in [7, 11) is 0. The number of thioether (sulfide) groups is 2. The lowest BCUT2D eigenvalue weighted by Gasteiger charge is -2.18. The van der Waals surface area contributed by atoms with Crippen LogP contribution >= 0.6 is 23.5 Å². The number of carboxylic acid groups (broad SMARTS) is 2. The molecule has 0 aliphatic carbocycles. The van der Waals surface area contributed by atoms with Gasteiger partial charge < -0.3 is 38.6 Å². The van der Waals surface area contributed by atoms with Crippen molar-refractivity contribution in [2.75, 3.05) is 63.7 Å². The van der Waals surface area contributed by atoms with Gasteiger partial charge >= 0.3 is 23.9 Å². The normalized spacial score (nSPS) is 12.5. The van der Waals surface area contributed by atoms with Crippen LogP contribution in [-0.4, -0.2) is 110 Å². The van der Waals surface area contributed by atoms with Gasteiger partial charge in [0.25, 0.3) is 0 Å². The Morgan fingerprint density at radius 1 is 0.617 bits per heavy atom. The molecule has 0 heterocycles. The molecular weight excluding hydrogens is 652 g/mol. The SMILES string of the molecule is CSCCOCC(COc1ccc(Cc2ccc(OCC(COCCSC)OC(=O)/C=C/C(=O)O)cc2)cc1)OC(=O)/C=C/C(=O)O. The first kappa shape index (κ1) is 39.2. The van der Waals surface area contributed by atoms with Crippen molar-refractivity contribution in [2.45, 2.75) is 18.6 Å². The molecule has 2 N–H and O–H groups in total. The summed E-state index contributed by atoms with van der Waals surface area (Å²) in [6.07, 6.45) is 6.18. The Balaban J connectivity index is 1.90. The standard InChI is InChI=1S/C33H40O12S2/c1-46-17-15-40-20-28(44-32(38)13-11-30(34)35)22-42-26-7-3-24(4-8-26)19-25-5-9-27(10-6-25)43-23-29(21-41-16-18-47-2)45-33(39)14-12-31(36)37/h3-14,28-29H,15-23H2,1-2H3,(H,34,35)(H,36,37)/b13-11+,14-12+. The highest BCUT2D eigenvalue weighted by atomic mass is 32.2. The molecule has 2 rings (SSSR count). The molecule has 0 aliphatic rings. The van der Waals surface area contributed by atoms with E-state index in [2.05, 4.69) is 0 Å². The number of carbonyl (C=O) groups is 4. The summed E-state index contributed by atoms with van der Waals surface area (Å²) >= 11 is 3.24. The first-order valence-electron chi connectivity index (χ1n) is 14.5. The molecule has 0 spiro atoms. The first-order chi connectivity index (χ1) is 22.7. The van der Waals surface area contributed by atoms with Crippen molar-refractivity contribution in [3.8, 4) is 11.5 Å². The van der Waals surface area contributed by atoms with E-state index in [0.717, 1.165) is 34.8 Å². The van der Waals surface area contributed by atoms with E-state index in [1.807, 2.05) is 36.8 Å². The number of hydrogen-bond donors (Lipinski definition) is 2. The average Bonchev–Trinajstić information content (AvgIpc) is 3.05. The number of aliphatic carboxylic acids is 2. The van der Waals surface area contributed by atoms with Gasteiger partial charge in [-0.1, -0.05) is 24.3 Å². The summed E-state index contributed by atoms with van der Waals surface area (Å²) in [5.41, 5.74) is 2.05. The fourth-order valence-corrected chi connectivity index (χ4v) is 4.22. The molecule has 0 saturated carbocycles. The van der Waals surface area contributed by atoms with Gasteiger partial charge in [0.05, 0.1) is 26.4 Å². The predicted octanol–water partition coefficient (Wildman–Crippen LogP) is 3.90. The van der Waals surface area contributed by atoms with Gasteiger partial charge in [-0.15, -0.1) is 0 Å². The van der Waals surface area contributed by atoms with E-state index >= 15 is 0 Å². The van der Waals surface area contributed by atoms with Gasteiger partial charge in [0.15, 0.2) is 12.2 Å². The number of carbonyl (C=O) groups excluding carboxylic acids is 2. The van der Waals surface area contributed by atoms with Gasteiger partial charge in [-0.3, -0.25) is 0 Å². The Hall–Kier alpha value is -3.98. The second-order valence-corrected chi connectivity index (χ2v) is 11.7. The average molecular weight is 693 g/mol. The van der Waals surface area contributed by atoms with Crippen LogP contribution in [0.1, 0.15) is 11.1 Å². The molecular formula is C33H40O12S2. The molecule has 47 heavy (non-hydrogen) atoms. The molecule has 0 saturated heterocycles. The highest BCUT2D eigenvalue weighted by Crippen LogP contribution is 2.19. The molecule has 0 aliphatic heterocycles. The van der Waals surface area contributed by atoms with Crippen molar-refractivity contribution in [3.05, 3.63) is 84.0 Å². The Bertz CT molecular complexity index is 1200. The third-order valence-electron chi connectivity index (χ3n) is 5.89. The predicted molar refractivity (Wildman–Crippen MR) is 178 cm³/mol. The Labute approximate surface area is 282 Å². The van der Waals surface area contributed by atoms with Crippen molar-refractivity contribution in [3.63, 3.8) is 0 Å². The van der Waals surface area contributed by atoms with Gasteiger partial charge in [-0.25, -0.2) is 19.2 Å². The monoisotopic (exact) mass is 692 g/mol.